The number of carbonyl (C=O) groups is 2. The summed E-state index contributed by atoms with van der Waals surface area (Å²) in [6.45, 7) is 1.34. The molecule has 0 atom stereocenters. The topological polar surface area (TPSA) is 84.2 Å². The van der Waals surface area contributed by atoms with Crippen LogP contribution in [0.4, 0.5) is 14.5 Å². The van der Waals surface area contributed by atoms with Crippen LogP contribution in [0.3, 0.4) is 0 Å². The van der Waals surface area contributed by atoms with Crippen LogP contribution in [0.2, 0.25) is 0 Å². The standard InChI is InChI=1S/C17H13F2N3O3/c1-9-21-14-7-11(3-5-15(14)25-9)22-16(23)8-20-17(24)12-4-2-10(18)6-13(12)19/h2-7H,8H2,1H3,(H,20,24)(H,22,23). The quantitative estimate of drug-likeness (QED) is 0.761. The molecule has 0 aliphatic rings. The van der Waals surface area contributed by atoms with Gasteiger partial charge in [0, 0.05) is 18.7 Å². The summed E-state index contributed by atoms with van der Waals surface area (Å²) in [6, 6.07) is 7.50. The van der Waals surface area contributed by atoms with Crippen LogP contribution in [0.5, 0.6) is 0 Å². The fourth-order valence-electron chi connectivity index (χ4n) is 2.25. The number of carbonyl (C=O) groups excluding carboxylic acids is 2. The number of hydrogen-bond donors (Lipinski definition) is 2. The Morgan fingerprint density at radius 2 is 1.96 bits per heavy atom. The van der Waals surface area contributed by atoms with Crippen LogP contribution in [0.25, 0.3) is 11.1 Å². The van der Waals surface area contributed by atoms with Crippen LogP contribution in [0.15, 0.2) is 40.8 Å². The third-order valence-electron chi connectivity index (χ3n) is 3.36. The number of fused-ring (bicyclic) bond motifs is 1. The number of anilines is 1. The second-order valence-corrected chi connectivity index (χ2v) is 5.27. The van der Waals surface area contributed by atoms with E-state index in [0.717, 1.165) is 12.1 Å². The molecule has 1 aromatic heterocycles. The summed E-state index contributed by atoms with van der Waals surface area (Å²) in [5.74, 6) is -2.59. The Hall–Kier alpha value is -3.29. The van der Waals surface area contributed by atoms with E-state index in [2.05, 4.69) is 15.6 Å². The number of amides is 2. The summed E-state index contributed by atoms with van der Waals surface area (Å²) in [5, 5.41) is 4.86. The summed E-state index contributed by atoms with van der Waals surface area (Å²) < 4.78 is 31.7. The van der Waals surface area contributed by atoms with Crippen molar-refractivity contribution in [3.63, 3.8) is 0 Å². The van der Waals surface area contributed by atoms with Gasteiger partial charge in [0.15, 0.2) is 11.5 Å². The number of nitrogens with zero attached hydrogens (tertiary/aromatic N) is 1. The molecule has 3 rings (SSSR count). The average molecular weight is 345 g/mol. The Bertz CT molecular complexity index is 969. The van der Waals surface area contributed by atoms with Crippen molar-refractivity contribution < 1.29 is 22.8 Å². The molecule has 2 amide bonds. The molecule has 2 aromatic carbocycles. The number of rotatable bonds is 4. The van der Waals surface area contributed by atoms with Crippen LogP contribution < -0.4 is 10.6 Å². The van der Waals surface area contributed by atoms with E-state index in [9.17, 15) is 18.4 Å². The Morgan fingerprint density at radius 1 is 1.16 bits per heavy atom. The van der Waals surface area contributed by atoms with Crippen molar-refractivity contribution in [2.24, 2.45) is 0 Å². The van der Waals surface area contributed by atoms with E-state index in [1.807, 2.05) is 0 Å². The Labute approximate surface area is 140 Å². The molecule has 0 unspecified atom stereocenters. The number of hydrogen-bond acceptors (Lipinski definition) is 4. The van der Waals surface area contributed by atoms with Crippen molar-refractivity contribution in [1.82, 2.24) is 10.3 Å². The number of aryl methyl sites for hydroxylation is 1. The summed E-state index contributed by atoms with van der Waals surface area (Å²) in [7, 11) is 0. The van der Waals surface area contributed by atoms with E-state index in [-0.39, 0.29) is 12.1 Å². The van der Waals surface area contributed by atoms with Gasteiger partial charge < -0.3 is 15.1 Å². The highest BCUT2D eigenvalue weighted by Crippen LogP contribution is 2.19. The lowest BCUT2D eigenvalue weighted by Gasteiger charge is -2.07. The van der Waals surface area contributed by atoms with Gasteiger partial charge in [0.2, 0.25) is 5.91 Å². The zero-order chi connectivity index (χ0) is 18.0. The van der Waals surface area contributed by atoms with Gasteiger partial charge in [-0.05, 0) is 30.3 Å². The highest BCUT2D eigenvalue weighted by molar-refractivity contribution is 6.00. The van der Waals surface area contributed by atoms with Gasteiger partial charge in [-0.2, -0.15) is 0 Å². The van der Waals surface area contributed by atoms with E-state index >= 15 is 0 Å². The molecule has 25 heavy (non-hydrogen) atoms. The first-order chi connectivity index (χ1) is 11.9. The van der Waals surface area contributed by atoms with Crippen molar-refractivity contribution >= 4 is 28.6 Å². The third kappa shape index (κ3) is 3.79. The maximum atomic E-state index is 13.5. The molecule has 0 saturated carbocycles. The second kappa shape index (κ2) is 6.68. The van der Waals surface area contributed by atoms with Crippen molar-refractivity contribution in [3.05, 3.63) is 59.5 Å². The van der Waals surface area contributed by atoms with E-state index < -0.39 is 23.4 Å². The van der Waals surface area contributed by atoms with Gasteiger partial charge in [-0.15, -0.1) is 0 Å². The minimum Gasteiger partial charge on any atom is -0.441 e. The van der Waals surface area contributed by atoms with Gasteiger partial charge in [0.25, 0.3) is 5.91 Å². The number of benzene rings is 2. The predicted octanol–water partition coefficient (Wildman–Crippen LogP) is 2.78. The van der Waals surface area contributed by atoms with Crippen molar-refractivity contribution in [2.45, 2.75) is 6.92 Å². The number of halogens is 2. The normalized spacial score (nSPS) is 10.7. The lowest BCUT2D eigenvalue weighted by Crippen LogP contribution is -2.33. The van der Waals surface area contributed by atoms with Crippen LogP contribution >= 0.6 is 0 Å². The van der Waals surface area contributed by atoms with Gasteiger partial charge in [0.1, 0.15) is 17.2 Å². The highest BCUT2D eigenvalue weighted by Gasteiger charge is 2.14. The van der Waals surface area contributed by atoms with Gasteiger partial charge in [-0.25, -0.2) is 13.8 Å². The summed E-state index contributed by atoms with van der Waals surface area (Å²) in [6.07, 6.45) is 0. The summed E-state index contributed by atoms with van der Waals surface area (Å²) in [5.41, 5.74) is 1.32. The molecule has 1 heterocycles. The molecule has 0 aliphatic heterocycles. The maximum absolute atomic E-state index is 13.5. The molecule has 8 heteroatoms. The van der Waals surface area contributed by atoms with E-state index in [1.165, 1.54) is 0 Å². The smallest absolute Gasteiger partial charge is 0.254 e. The molecule has 3 aromatic rings. The number of oxazole rings is 1. The average Bonchev–Trinajstić information content (AvgIpc) is 2.92. The maximum Gasteiger partial charge on any atom is 0.254 e. The number of aromatic nitrogens is 1. The molecule has 0 saturated heterocycles. The Kier molecular flexibility index (Phi) is 4.42. The first-order valence-corrected chi connectivity index (χ1v) is 7.32. The summed E-state index contributed by atoms with van der Waals surface area (Å²) >= 11 is 0. The van der Waals surface area contributed by atoms with Crippen LogP contribution in [-0.2, 0) is 4.79 Å². The molecular weight excluding hydrogens is 332 g/mol. The van der Waals surface area contributed by atoms with Crippen LogP contribution in [0.1, 0.15) is 16.2 Å². The first-order valence-electron chi connectivity index (χ1n) is 7.32. The van der Waals surface area contributed by atoms with Gasteiger partial charge in [-0.3, -0.25) is 9.59 Å². The minimum atomic E-state index is -0.996. The molecular formula is C17H13F2N3O3. The van der Waals surface area contributed by atoms with Crippen LogP contribution in [0, 0.1) is 18.6 Å². The Balaban J connectivity index is 1.60. The van der Waals surface area contributed by atoms with Crippen LogP contribution in [-0.4, -0.2) is 23.3 Å². The van der Waals surface area contributed by atoms with Crippen molar-refractivity contribution in [2.75, 3.05) is 11.9 Å². The summed E-state index contributed by atoms with van der Waals surface area (Å²) in [4.78, 5) is 27.9. The molecule has 0 bridgehead atoms. The molecule has 2 N–H and O–H groups in total. The molecule has 0 aliphatic carbocycles. The lowest BCUT2D eigenvalue weighted by molar-refractivity contribution is -0.115. The molecule has 6 nitrogen and oxygen atoms in total. The monoisotopic (exact) mass is 345 g/mol. The molecule has 128 valence electrons. The van der Waals surface area contributed by atoms with E-state index in [1.54, 1.807) is 25.1 Å². The van der Waals surface area contributed by atoms with Gasteiger partial charge in [0.05, 0.1) is 12.1 Å². The predicted molar refractivity (Wildman–Crippen MR) is 86.1 cm³/mol. The van der Waals surface area contributed by atoms with Gasteiger partial charge in [-0.1, -0.05) is 0 Å². The fraction of sp³-hybridized carbons (Fsp3) is 0.118. The van der Waals surface area contributed by atoms with E-state index in [0.29, 0.717) is 28.7 Å². The number of nitrogens with one attached hydrogen (secondary N) is 2. The van der Waals surface area contributed by atoms with Crippen molar-refractivity contribution in [1.29, 1.82) is 0 Å². The molecule has 0 radical (unpaired) electrons. The minimum absolute atomic E-state index is 0.339. The fourth-order valence-corrected chi connectivity index (χ4v) is 2.25. The molecule has 0 spiro atoms. The third-order valence-corrected chi connectivity index (χ3v) is 3.36. The second-order valence-electron chi connectivity index (χ2n) is 5.27. The van der Waals surface area contributed by atoms with Gasteiger partial charge >= 0.3 is 0 Å². The molecule has 0 fully saturated rings. The Morgan fingerprint density at radius 3 is 2.72 bits per heavy atom. The zero-order valence-electron chi connectivity index (χ0n) is 13.1. The van der Waals surface area contributed by atoms with E-state index in [4.69, 9.17) is 4.42 Å². The first kappa shape index (κ1) is 16.6. The SMILES string of the molecule is Cc1nc2cc(NC(=O)CNC(=O)c3ccc(F)cc3F)ccc2o1. The largest absolute Gasteiger partial charge is 0.441 e. The lowest BCUT2D eigenvalue weighted by atomic mass is 10.2. The van der Waals surface area contributed by atoms with Crippen molar-refractivity contribution in [3.8, 4) is 0 Å². The zero-order valence-corrected chi connectivity index (χ0v) is 13.1. The highest BCUT2D eigenvalue weighted by atomic mass is 19.1.